The molecule has 1 aromatic rings. The van der Waals surface area contributed by atoms with Crippen molar-refractivity contribution >= 4 is 11.4 Å². The third-order valence-electron chi connectivity index (χ3n) is 3.04. The molecule has 1 saturated carbocycles. The van der Waals surface area contributed by atoms with E-state index in [2.05, 4.69) is 30.1 Å². The summed E-state index contributed by atoms with van der Waals surface area (Å²) < 4.78 is 0. The Morgan fingerprint density at radius 1 is 1.25 bits per heavy atom. The van der Waals surface area contributed by atoms with E-state index >= 15 is 0 Å². The lowest BCUT2D eigenvalue weighted by Crippen LogP contribution is -2.17. The van der Waals surface area contributed by atoms with Gasteiger partial charge in [0.1, 0.15) is 0 Å². The summed E-state index contributed by atoms with van der Waals surface area (Å²) in [5.74, 6) is 0.0371. The van der Waals surface area contributed by atoms with Gasteiger partial charge in [0.05, 0.1) is 17.7 Å². The van der Waals surface area contributed by atoms with Crippen LogP contribution in [0.2, 0.25) is 0 Å². The first-order chi connectivity index (χ1) is 7.79. The molecule has 1 aromatic carbocycles. The van der Waals surface area contributed by atoms with Gasteiger partial charge in [-0.3, -0.25) is 4.99 Å². The number of hydrogen-bond donors (Lipinski definition) is 0. The van der Waals surface area contributed by atoms with Crippen molar-refractivity contribution in [1.29, 1.82) is 5.26 Å². The number of aliphatic imine (C=N–C) groups is 1. The van der Waals surface area contributed by atoms with Gasteiger partial charge < -0.3 is 0 Å². The highest BCUT2D eigenvalue weighted by Crippen LogP contribution is 2.24. The van der Waals surface area contributed by atoms with Crippen LogP contribution in [-0.2, 0) is 0 Å². The molecule has 0 spiro atoms. The molecule has 0 radical (unpaired) electrons. The van der Waals surface area contributed by atoms with Crippen LogP contribution in [0.4, 0.5) is 5.69 Å². The highest BCUT2D eigenvalue weighted by molar-refractivity contribution is 5.91. The van der Waals surface area contributed by atoms with Crippen LogP contribution in [-0.4, -0.2) is 5.71 Å². The Morgan fingerprint density at radius 3 is 2.69 bits per heavy atom. The molecule has 1 unspecified atom stereocenters. The van der Waals surface area contributed by atoms with Crippen molar-refractivity contribution in [3.63, 3.8) is 0 Å². The minimum Gasteiger partial charge on any atom is -0.256 e. The normalized spacial score (nSPS) is 23.0. The van der Waals surface area contributed by atoms with E-state index in [1.165, 1.54) is 12.0 Å². The average Bonchev–Trinajstić information content (AvgIpc) is 2.33. The van der Waals surface area contributed by atoms with Gasteiger partial charge in [0.2, 0.25) is 0 Å². The molecule has 82 valence electrons. The molecular weight excluding hydrogens is 196 g/mol. The maximum absolute atomic E-state index is 9.05. The smallest absolute Gasteiger partial charge is 0.0845 e. The maximum Gasteiger partial charge on any atom is 0.0845 e. The lowest BCUT2D eigenvalue weighted by molar-refractivity contribution is 0.601. The van der Waals surface area contributed by atoms with Crippen molar-refractivity contribution in [1.82, 2.24) is 0 Å². The summed E-state index contributed by atoms with van der Waals surface area (Å²) in [6.45, 7) is 2.07. The Kier molecular flexibility index (Phi) is 3.36. The molecular formula is C14H16N2. The van der Waals surface area contributed by atoms with Gasteiger partial charge in [0.25, 0.3) is 0 Å². The molecule has 16 heavy (non-hydrogen) atoms. The highest BCUT2D eigenvalue weighted by Gasteiger charge is 2.19. The van der Waals surface area contributed by atoms with Crippen LogP contribution in [0.25, 0.3) is 0 Å². The number of nitrogens with zero attached hydrogens (tertiary/aromatic N) is 2. The first-order valence-electron chi connectivity index (χ1n) is 5.83. The van der Waals surface area contributed by atoms with Crippen LogP contribution in [0, 0.1) is 24.2 Å². The molecule has 0 amide bonds. The fraction of sp³-hybridized carbons (Fsp3) is 0.429. The average molecular weight is 212 g/mol. The summed E-state index contributed by atoms with van der Waals surface area (Å²) in [5.41, 5.74) is 3.28. The summed E-state index contributed by atoms with van der Waals surface area (Å²) in [6, 6.07) is 10.5. The molecule has 0 aromatic heterocycles. The predicted molar refractivity (Wildman–Crippen MR) is 65.8 cm³/mol. The first-order valence-corrected chi connectivity index (χ1v) is 5.83. The fourth-order valence-electron chi connectivity index (χ4n) is 2.05. The van der Waals surface area contributed by atoms with E-state index in [9.17, 15) is 0 Å². The van der Waals surface area contributed by atoms with Crippen molar-refractivity contribution in [2.45, 2.75) is 32.6 Å². The summed E-state index contributed by atoms with van der Waals surface area (Å²) >= 11 is 0. The monoisotopic (exact) mass is 212 g/mol. The molecule has 2 rings (SSSR count). The van der Waals surface area contributed by atoms with E-state index < -0.39 is 0 Å². The summed E-state index contributed by atoms with van der Waals surface area (Å²) in [6.07, 6.45) is 4.28. The number of benzene rings is 1. The Hall–Kier alpha value is -1.62. The molecule has 0 aliphatic heterocycles. The van der Waals surface area contributed by atoms with Gasteiger partial charge in [-0.25, -0.2) is 0 Å². The fourth-order valence-corrected chi connectivity index (χ4v) is 2.05. The van der Waals surface area contributed by atoms with Gasteiger partial charge in [-0.15, -0.1) is 0 Å². The van der Waals surface area contributed by atoms with Gasteiger partial charge >= 0.3 is 0 Å². The predicted octanol–water partition coefficient (Wildman–Crippen LogP) is 3.78. The number of hydrogen-bond acceptors (Lipinski definition) is 2. The van der Waals surface area contributed by atoms with Crippen LogP contribution in [0.3, 0.4) is 0 Å². The largest absolute Gasteiger partial charge is 0.256 e. The molecule has 1 aliphatic rings. The van der Waals surface area contributed by atoms with Crippen LogP contribution >= 0.6 is 0 Å². The second-order valence-electron chi connectivity index (χ2n) is 4.37. The second-order valence-corrected chi connectivity index (χ2v) is 4.37. The zero-order chi connectivity index (χ0) is 11.4. The van der Waals surface area contributed by atoms with Gasteiger partial charge in [0, 0.05) is 5.71 Å². The number of rotatable bonds is 1. The highest BCUT2D eigenvalue weighted by atomic mass is 14.8. The molecule has 1 fully saturated rings. The summed E-state index contributed by atoms with van der Waals surface area (Å²) in [4.78, 5) is 4.61. The summed E-state index contributed by atoms with van der Waals surface area (Å²) in [5, 5.41) is 9.05. The topological polar surface area (TPSA) is 36.1 Å². The zero-order valence-electron chi connectivity index (χ0n) is 9.61. The minimum absolute atomic E-state index is 0.0371. The Labute approximate surface area is 96.6 Å². The van der Waals surface area contributed by atoms with E-state index in [1.54, 1.807) is 0 Å². The van der Waals surface area contributed by atoms with Gasteiger partial charge in [-0.2, -0.15) is 5.26 Å². The minimum atomic E-state index is 0.0371. The lowest BCUT2D eigenvalue weighted by Gasteiger charge is -2.17. The molecule has 2 nitrogen and oxygen atoms in total. The van der Waals surface area contributed by atoms with Crippen LogP contribution in [0.1, 0.15) is 31.2 Å². The van der Waals surface area contributed by atoms with Crippen LogP contribution < -0.4 is 0 Å². The van der Waals surface area contributed by atoms with E-state index in [0.717, 1.165) is 30.7 Å². The van der Waals surface area contributed by atoms with Crippen molar-refractivity contribution in [3.05, 3.63) is 29.8 Å². The zero-order valence-corrected chi connectivity index (χ0v) is 9.61. The van der Waals surface area contributed by atoms with Crippen molar-refractivity contribution < 1.29 is 0 Å². The molecule has 0 bridgehead atoms. The SMILES string of the molecule is Cc1ccc(N=C2CCCCC2C#N)cc1. The molecule has 2 heteroatoms. The maximum atomic E-state index is 9.05. The molecule has 0 N–H and O–H groups in total. The number of aryl methyl sites for hydroxylation is 1. The lowest BCUT2D eigenvalue weighted by atomic mass is 9.88. The van der Waals surface area contributed by atoms with Crippen molar-refractivity contribution in [2.75, 3.05) is 0 Å². The molecule has 0 saturated heterocycles. The van der Waals surface area contributed by atoms with E-state index in [0.29, 0.717) is 0 Å². The molecule has 0 heterocycles. The van der Waals surface area contributed by atoms with Crippen LogP contribution in [0.5, 0.6) is 0 Å². The van der Waals surface area contributed by atoms with Gasteiger partial charge in [0.15, 0.2) is 0 Å². The molecule has 1 aliphatic carbocycles. The standard InChI is InChI=1S/C14H16N2/c1-11-6-8-13(9-7-11)16-14-5-3-2-4-12(14)10-15/h6-9,12H,2-5H2,1H3. The van der Waals surface area contributed by atoms with E-state index in [1.807, 2.05) is 12.1 Å². The van der Waals surface area contributed by atoms with Crippen molar-refractivity contribution in [2.24, 2.45) is 10.9 Å². The van der Waals surface area contributed by atoms with Gasteiger partial charge in [-0.05, 0) is 38.3 Å². The summed E-state index contributed by atoms with van der Waals surface area (Å²) in [7, 11) is 0. The number of nitriles is 1. The Morgan fingerprint density at radius 2 is 2.00 bits per heavy atom. The third kappa shape index (κ3) is 2.49. The third-order valence-corrected chi connectivity index (χ3v) is 3.04. The second kappa shape index (κ2) is 4.94. The Balaban J connectivity index is 2.22. The first kappa shape index (κ1) is 10.9. The van der Waals surface area contributed by atoms with Crippen LogP contribution in [0.15, 0.2) is 29.3 Å². The molecule has 1 atom stereocenters. The quantitative estimate of drug-likeness (QED) is 0.697. The van der Waals surface area contributed by atoms with E-state index in [4.69, 9.17) is 5.26 Å². The van der Waals surface area contributed by atoms with Gasteiger partial charge in [-0.1, -0.05) is 24.1 Å². The van der Waals surface area contributed by atoms with E-state index in [-0.39, 0.29) is 5.92 Å². The van der Waals surface area contributed by atoms with Crippen molar-refractivity contribution in [3.8, 4) is 6.07 Å². The Bertz CT molecular complexity index is 423.